The minimum absolute atomic E-state index is 0.0861. The van der Waals surface area contributed by atoms with E-state index in [2.05, 4.69) is 4.72 Å². The van der Waals surface area contributed by atoms with Crippen molar-refractivity contribution in [1.29, 1.82) is 0 Å². The van der Waals surface area contributed by atoms with Gasteiger partial charge in [-0.05, 0) is 25.0 Å². The summed E-state index contributed by atoms with van der Waals surface area (Å²) in [5, 5.41) is 9.16. The average Bonchev–Trinajstić information content (AvgIpc) is 2.94. The molecule has 1 aromatic rings. The summed E-state index contributed by atoms with van der Waals surface area (Å²) in [4.78, 5) is 13.6. The van der Waals surface area contributed by atoms with Gasteiger partial charge >= 0.3 is 0 Å². The Kier molecular flexibility index (Phi) is 4.74. The van der Waals surface area contributed by atoms with E-state index < -0.39 is 10.0 Å². The summed E-state index contributed by atoms with van der Waals surface area (Å²) in [5.41, 5.74) is 0. The van der Waals surface area contributed by atoms with Crippen molar-refractivity contribution in [3.8, 4) is 0 Å². The van der Waals surface area contributed by atoms with Crippen LogP contribution in [-0.4, -0.2) is 50.1 Å². The van der Waals surface area contributed by atoms with Crippen molar-refractivity contribution in [1.82, 2.24) is 9.62 Å². The monoisotopic (exact) mass is 298 g/mol. The summed E-state index contributed by atoms with van der Waals surface area (Å²) in [6, 6.07) is 7.72. The molecule has 6 nitrogen and oxygen atoms in total. The van der Waals surface area contributed by atoms with Crippen LogP contribution in [0, 0.1) is 0 Å². The van der Waals surface area contributed by atoms with Crippen LogP contribution in [0.4, 0.5) is 0 Å². The van der Waals surface area contributed by atoms with Crippen LogP contribution in [-0.2, 0) is 14.8 Å². The Balaban J connectivity index is 1.97. The van der Waals surface area contributed by atoms with Gasteiger partial charge in [0.25, 0.3) is 0 Å². The minimum Gasteiger partial charge on any atom is -0.394 e. The highest BCUT2D eigenvalue weighted by Crippen LogP contribution is 2.16. The summed E-state index contributed by atoms with van der Waals surface area (Å²) in [6.07, 6.45) is 1.59. The van der Waals surface area contributed by atoms with Gasteiger partial charge in [0.1, 0.15) is 0 Å². The molecule has 0 bridgehead atoms. The first-order valence-electron chi connectivity index (χ1n) is 6.49. The van der Waals surface area contributed by atoms with Crippen LogP contribution >= 0.6 is 0 Å². The van der Waals surface area contributed by atoms with Crippen LogP contribution in [0.15, 0.2) is 35.2 Å². The zero-order valence-electron chi connectivity index (χ0n) is 11.0. The molecule has 2 N–H and O–H groups in total. The molecule has 2 rings (SSSR count). The van der Waals surface area contributed by atoms with Crippen LogP contribution in [0.1, 0.15) is 12.8 Å². The number of nitrogens with one attached hydrogen (secondary N) is 1. The summed E-state index contributed by atoms with van der Waals surface area (Å²) < 4.78 is 26.2. The highest BCUT2D eigenvalue weighted by Gasteiger charge is 2.28. The van der Waals surface area contributed by atoms with Gasteiger partial charge in [0, 0.05) is 6.54 Å². The van der Waals surface area contributed by atoms with Gasteiger partial charge in [-0.15, -0.1) is 0 Å². The number of amides is 1. The predicted molar refractivity (Wildman–Crippen MR) is 73.5 cm³/mol. The van der Waals surface area contributed by atoms with Crippen molar-refractivity contribution in [2.75, 3.05) is 19.7 Å². The minimum atomic E-state index is -3.67. The number of carbonyl (C=O) groups excluding carboxylic acids is 1. The maximum Gasteiger partial charge on any atom is 0.241 e. The van der Waals surface area contributed by atoms with E-state index in [1.807, 2.05) is 0 Å². The third-order valence-electron chi connectivity index (χ3n) is 3.38. The molecule has 1 saturated heterocycles. The van der Waals surface area contributed by atoms with Crippen LogP contribution in [0.5, 0.6) is 0 Å². The van der Waals surface area contributed by atoms with E-state index in [0.717, 1.165) is 12.8 Å². The fourth-order valence-corrected chi connectivity index (χ4v) is 3.29. The lowest BCUT2D eigenvalue weighted by molar-refractivity contribution is -0.131. The van der Waals surface area contributed by atoms with Crippen LogP contribution in [0.25, 0.3) is 0 Å². The number of aliphatic hydroxyl groups is 1. The topological polar surface area (TPSA) is 86.7 Å². The maximum atomic E-state index is 12.0. The predicted octanol–water partition coefficient (Wildman–Crippen LogP) is -0.0518. The molecule has 1 fully saturated rings. The molecule has 1 heterocycles. The lowest BCUT2D eigenvalue weighted by Gasteiger charge is -2.23. The van der Waals surface area contributed by atoms with E-state index in [9.17, 15) is 13.2 Å². The van der Waals surface area contributed by atoms with Crippen molar-refractivity contribution in [3.05, 3.63) is 30.3 Å². The number of carbonyl (C=O) groups is 1. The molecule has 0 saturated carbocycles. The molecule has 1 aliphatic rings. The van der Waals surface area contributed by atoms with Crippen LogP contribution in [0.3, 0.4) is 0 Å². The molecule has 0 aliphatic carbocycles. The van der Waals surface area contributed by atoms with E-state index in [0.29, 0.717) is 6.54 Å². The van der Waals surface area contributed by atoms with Gasteiger partial charge in [-0.25, -0.2) is 13.1 Å². The van der Waals surface area contributed by atoms with Gasteiger partial charge in [0.2, 0.25) is 15.9 Å². The summed E-state index contributed by atoms with van der Waals surface area (Å²) in [5.74, 6) is -0.305. The molecule has 1 unspecified atom stereocenters. The first kappa shape index (κ1) is 15.0. The number of hydrogen-bond acceptors (Lipinski definition) is 4. The largest absolute Gasteiger partial charge is 0.394 e. The Morgan fingerprint density at radius 1 is 1.35 bits per heavy atom. The average molecular weight is 298 g/mol. The zero-order chi connectivity index (χ0) is 14.6. The summed E-state index contributed by atoms with van der Waals surface area (Å²) in [6.45, 7) is 0.196. The van der Waals surface area contributed by atoms with E-state index in [1.165, 1.54) is 17.0 Å². The van der Waals surface area contributed by atoms with E-state index in [1.54, 1.807) is 18.2 Å². The van der Waals surface area contributed by atoms with Crippen LogP contribution < -0.4 is 4.72 Å². The molecule has 110 valence electrons. The van der Waals surface area contributed by atoms with E-state index in [4.69, 9.17) is 5.11 Å². The Hall–Kier alpha value is -1.44. The van der Waals surface area contributed by atoms with Gasteiger partial charge in [-0.2, -0.15) is 0 Å². The number of rotatable bonds is 5. The Morgan fingerprint density at radius 3 is 2.70 bits per heavy atom. The molecule has 7 heteroatoms. The summed E-state index contributed by atoms with van der Waals surface area (Å²) in [7, 11) is -3.67. The second-order valence-electron chi connectivity index (χ2n) is 4.70. The lowest BCUT2D eigenvalue weighted by atomic mass is 10.2. The van der Waals surface area contributed by atoms with Crippen molar-refractivity contribution in [2.45, 2.75) is 23.8 Å². The SMILES string of the molecule is O=C(CNS(=O)(=O)c1ccccc1)N1CCCC1CO. The number of nitrogens with zero attached hydrogens (tertiary/aromatic N) is 1. The molecule has 1 aromatic carbocycles. The van der Waals surface area contributed by atoms with Crippen molar-refractivity contribution >= 4 is 15.9 Å². The fourth-order valence-electron chi connectivity index (χ4n) is 2.30. The highest BCUT2D eigenvalue weighted by molar-refractivity contribution is 7.89. The standard InChI is InChI=1S/C13H18N2O4S/c16-10-11-5-4-8-15(11)13(17)9-14-20(18,19)12-6-2-1-3-7-12/h1-3,6-7,11,14,16H,4-5,8-10H2. The number of likely N-dealkylation sites (tertiary alicyclic amines) is 1. The number of hydrogen-bond donors (Lipinski definition) is 2. The van der Waals surface area contributed by atoms with Crippen LogP contribution in [0.2, 0.25) is 0 Å². The second kappa shape index (κ2) is 6.34. The molecular weight excluding hydrogens is 280 g/mol. The Morgan fingerprint density at radius 2 is 2.05 bits per heavy atom. The normalized spacial score (nSPS) is 19.2. The van der Waals surface area contributed by atoms with Gasteiger partial charge < -0.3 is 10.0 Å². The van der Waals surface area contributed by atoms with Crippen molar-refractivity contribution in [2.24, 2.45) is 0 Å². The zero-order valence-corrected chi connectivity index (χ0v) is 11.8. The van der Waals surface area contributed by atoms with Gasteiger partial charge in [0.05, 0.1) is 24.1 Å². The molecule has 1 amide bonds. The number of benzene rings is 1. The molecule has 1 atom stereocenters. The van der Waals surface area contributed by atoms with Crippen molar-refractivity contribution < 1.29 is 18.3 Å². The fraction of sp³-hybridized carbons (Fsp3) is 0.462. The van der Waals surface area contributed by atoms with E-state index >= 15 is 0 Å². The number of aliphatic hydroxyl groups excluding tert-OH is 1. The number of sulfonamides is 1. The molecule has 0 radical (unpaired) electrons. The molecular formula is C13H18N2O4S. The van der Waals surface area contributed by atoms with Gasteiger partial charge in [0.15, 0.2) is 0 Å². The lowest BCUT2D eigenvalue weighted by Crippen LogP contribution is -2.43. The van der Waals surface area contributed by atoms with Gasteiger partial charge in [-0.3, -0.25) is 4.79 Å². The Bertz CT molecular complexity index is 559. The first-order chi connectivity index (χ1) is 9.54. The smallest absolute Gasteiger partial charge is 0.241 e. The third-order valence-corrected chi connectivity index (χ3v) is 4.79. The van der Waals surface area contributed by atoms with Gasteiger partial charge in [-0.1, -0.05) is 18.2 Å². The Labute approximate surface area is 118 Å². The maximum absolute atomic E-state index is 12.0. The van der Waals surface area contributed by atoms with E-state index in [-0.39, 0.29) is 30.0 Å². The first-order valence-corrected chi connectivity index (χ1v) is 7.98. The second-order valence-corrected chi connectivity index (χ2v) is 6.47. The summed E-state index contributed by atoms with van der Waals surface area (Å²) >= 11 is 0. The third kappa shape index (κ3) is 3.36. The molecule has 0 aromatic heterocycles. The molecule has 1 aliphatic heterocycles. The molecule has 20 heavy (non-hydrogen) atoms. The highest BCUT2D eigenvalue weighted by atomic mass is 32.2. The molecule has 0 spiro atoms. The quantitative estimate of drug-likeness (QED) is 0.798. The van der Waals surface area contributed by atoms with Crippen molar-refractivity contribution in [3.63, 3.8) is 0 Å².